The second kappa shape index (κ2) is 18.2. The number of hydrogen-bond acceptors (Lipinski definition) is 6. The van der Waals surface area contributed by atoms with Gasteiger partial charge in [-0.15, -0.1) is 0 Å². The molecule has 0 saturated carbocycles. The monoisotopic (exact) mass is 1110 g/mol. The van der Waals surface area contributed by atoms with E-state index in [1.165, 1.54) is 22.3 Å². The van der Waals surface area contributed by atoms with Crippen LogP contribution in [0.5, 0.6) is 0 Å². The molecule has 0 fully saturated rings. The molecule has 406 valence electrons. The fraction of sp³-hybridized carbons (Fsp3) is 0.0123. The summed E-state index contributed by atoms with van der Waals surface area (Å²) in [5.41, 5.74) is 18.6. The highest BCUT2D eigenvalue weighted by Crippen LogP contribution is 2.63. The number of hydrogen-bond donors (Lipinski definition) is 0. The van der Waals surface area contributed by atoms with Crippen LogP contribution in [0.2, 0.25) is 0 Å². The SMILES string of the molecule is c1ccc(C2(c3ccccc3)c3cc(N(c4ccc5oc6ccccc6c5c4)c4cccc5c4oc4ccccc45)c4ccccc4c3-c3c2cc(N(c2ccc4oc5ccccc5c4c2)c2cccc4c2oc2ccccc24)c2ccccc32)cc1. The molecular weight excluding hydrogens is 1060 g/mol. The van der Waals surface area contributed by atoms with Crippen LogP contribution in [0.15, 0.2) is 309 Å². The molecule has 1 aliphatic carbocycles. The Morgan fingerprint density at radius 3 is 0.954 bits per heavy atom. The Morgan fingerprint density at radius 2 is 0.540 bits per heavy atom. The third kappa shape index (κ3) is 6.75. The van der Waals surface area contributed by atoms with Crippen LogP contribution < -0.4 is 9.80 Å². The van der Waals surface area contributed by atoms with Gasteiger partial charge in [0.25, 0.3) is 0 Å². The fourth-order valence-electron chi connectivity index (χ4n) is 14.9. The number of fused-ring (bicyclic) bond motifs is 19. The average molecular weight is 1110 g/mol. The summed E-state index contributed by atoms with van der Waals surface area (Å²) in [6, 6.07) is 105. The van der Waals surface area contributed by atoms with Gasteiger partial charge in [-0.3, -0.25) is 0 Å². The third-order valence-corrected chi connectivity index (χ3v) is 18.5. The van der Waals surface area contributed by atoms with Gasteiger partial charge >= 0.3 is 0 Å². The van der Waals surface area contributed by atoms with Gasteiger partial charge in [-0.25, -0.2) is 0 Å². The van der Waals surface area contributed by atoms with Crippen molar-refractivity contribution in [2.24, 2.45) is 0 Å². The Balaban J connectivity index is 0.959. The van der Waals surface area contributed by atoms with Crippen molar-refractivity contribution in [3.8, 4) is 11.1 Å². The van der Waals surface area contributed by atoms with Crippen LogP contribution in [0.3, 0.4) is 0 Å². The molecule has 0 unspecified atom stereocenters. The Morgan fingerprint density at radius 1 is 0.218 bits per heavy atom. The molecule has 1 aliphatic rings. The van der Waals surface area contributed by atoms with Gasteiger partial charge in [0.2, 0.25) is 0 Å². The largest absolute Gasteiger partial charge is 0.456 e. The van der Waals surface area contributed by atoms with Gasteiger partial charge in [0.15, 0.2) is 11.2 Å². The molecule has 19 rings (SSSR count). The first kappa shape index (κ1) is 47.8. The zero-order valence-corrected chi connectivity index (χ0v) is 46.7. The van der Waals surface area contributed by atoms with E-state index in [4.69, 9.17) is 17.7 Å². The number of furan rings is 4. The lowest BCUT2D eigenvalue weighted by Gasteiger charge is -2.36. The first-order chi connectivity index (χ1) is 43.2. The summed E-state index contributed by atoms with van der Waals surface area (Å²) in [6.45, 7) is 0. The van der Waals surface area contributed by atoms with Crippen LogP contribution in [-0.2, 0) is 5.41 Å². The molecule has 0 bridgehead atoms. The van der Waals surface area contributed by atoms with Crippen LogP contribution in [0.4, 0.5) is 34.1 Å². The Bertz CT molecular complexity index is 5510. The molecule has 0 spiro atoms. The van der Waals surface area contributed by atoms with Crippen molar-refractivity contribution in [1.29, 1.82) is 0 Å². The maximum absolute atomic E-state index is 7.05. The van der Waals surface area contributed by atoms with E-state index in [2.05, 4.69) is 265 Å². The maximum Gasteiger partial charge on any atom is 0.159 e. The molecule has 0 N–H and O–H groups in total. The highest BCUT2D eigenvalue weighted by molar-refractivity contribution is 6.21. The van der Waals surface area contributed by atoms with Gasteiger partial charge in [0.1, 0.15) is 33.5 Å². The van der Waals surface area contributed by atoms with E-state index >= 15 is 0 Å². The molecule has 6 heteroatoms. The molecule has 14 aromatic carbocycles. The molecule has 6 nitrogen and oxygen atoms in total. The van der Waals surface area contributed by atoms with Gasteiger partial charge in [0, 0.05) is 65.2 Å². The fourth-order valence-corrected chi connectivity index (χ4v) is 14.9. The molecule has 0 aliphatic heterocycles. The summed E-state index contributed by atoms with van der Waals surface area (Å²) >= 11 is 0. The predicted molar refractivity (Wildman–Crippen MR) is 357 cm³/mol. The normalized spacial score (nSPS) is 12.9. The van der Waals surface area contributed by atoms with Crippen molar-refractivity contribution < 1.29 is 17.7 Å². The topological polar surface area (TPSA) is 59.0 Å². The molecule has 0 amide bonds. The highest BCUT2D eigenvalue weighted by Gasteiger charge is 2.49. The van der Waals surface area contributed by atoms with Crippen LogP contribution in [0.25, 0.3) is 120 Å². The van der Waals surface area contributed by atoms with Crippen LogP contribution in [-0.4, -0.2) is 0 Å². The summed E-state index contributed by atoms with van der Waals surface area (Å²) < 4.78 is 27.2. The van der Waals surface area contributed by atoms with Crippen molar-refractivity contribution >= 4 is 143 Å². The Labute approximate surface area is 498 Å². The van der Waals surface area contributed by atoms with Gasteiger partial charge in [0.05, 0.1) is 28.2 Å². The number of nitrogens with zero attached hydrogens (tertiary/aromatic N) is 2. The molecular formula is C81H48N2O4. The van der Waals surface area contributed by atoms with Crippen molar-refractivity contribution in [2.75, 3.05) is 9.80 Å². The average Bonchev–Trinajstić information content (AvgIpc) is 1.54. The summed E-state index contributed by atoms with van der Waals surface area (Å²) in [4.78, 5) is 4.88. The van der Waals surface area contributed by atoms with Crippen LogP contribution in [0.1, 0.15) is 22.3 Å². The summed E-state index contributed by atoms with van der Waals surface area (Å²) in [5.74, 6) is 0. The van der Waals surface area contributed by atoms with Gasteiger partial charge in [-0.2, -0.15) is 0 Å². The number of para-hydroxylation sites is 6. The molecule has 87 heavy (non-hydrogen) atoms. The quantitative estimate of drug-likeness (QED) is 0.151. The molecule has 0 saturated heterocycles. The first-order valence-corrected chi connectivity index (χ1v) is 29.6. The van der Waals surface area contributed by atoms with E-state index in [1.807, 2.05) is 36.4 Å². The van der Waals surface area contributed by atoms with Crippen molar-refractivity contribution in [3.05, 3.63) is 313 Å². The Kier molecular flexibility index (Phi) is 10.0. The number of benzene rings is 14. The predicted octanol–water partition coefficient (Wildman–Crippen LogP) is 22.9. The smallest absolute Gasteiger partial charge is 0.159 e. The van der Waals surface area contributed by atoms with Crippen molar-refractivity contribution in [3.63, 3.8) is 0 Å². The molecule has 4 heterocycles. The highest BCUT2D eigenvalue weighted by atomic mass is 16.3. The van der Waals surface area contributed by atoms with E-state index in [0.29, 0.717) is 0 Å². The van der Waals surface area contributed by atoms with E-state index < -0.39 is 5.41 Å². The van der Waals surface area contributed by atoms with Crippen molar-refractivity contribution in [1.82, 2.24) is 0 Å². The lowest BCUT2D eigenvalue weighted by atomic mass is 9.67. The molecule has 4 aromatic heterocycles. The van der Waals surface area contributed by atoms with Crippen molar-refractivity contribution in [2.45, 2.75) is 5.41 Å². The second-order valence-corrected chi connectivity index (χ2v) is 22.9. The minimum atomic E-state index is -0.895. The zero-order valence-electron chi connectivity index (χ0n) is 46.7. The van der Waals surface area contributed by atoms with Gasteiger partial charge in [-0.05, 0) is 129 Å². The van der Waals surface area contributed by atoms with E-state index in [1.54, 1.807) is 0 Å². The first-order valence-electron chi connectivity index (χ1n) is 29.6. The minimum Gasteiger partial charge on any atom is -0.456 e. The second-order valence-electron chi connectivity index (χ2n) is 22.9. The molecule has 0 radical (unpaired) electrons. The Hall–Kier alpha value is -11.6. The molecule has 0 atom stereocenters. The number of rotatable bonds is 8. The summed E-state index contributed by atoms with van der Waals surface area (Å²) in [5, 5.41) is 12.9. The number of anilines is 6. The minimum absolute atomic E-state index is 0.804. The van der Waals surface area contributed by atoms with E-state index in [0.717, 1.165) is 155 Å². The summed E-state index contributed by atoms with van der Waals surface area (Å²) in [6.07, 6.45) is 0. The van der Waals surface area contributed by atoms with E-state index in [-0.39, 0.29) is 0 Å². The maximum atomic E-state index is 7.05. The van der Waals surface area contributed by atoms with Crippen LogP contribution in [0, 0.1) is 0 Å². The molecule has 18 aromatic rings. The lowest BCUT2D eigenvalue weighted by Crippen LogP contribution is -2.29. The third-order valence-electron chi connectivity index (χ3n) is 18.5. The van der Waals surface area contributed by atoms with Gasteiger partial charge < -0.3 is 27.5 Å². The lowest BCUT2D eigenvalue weighted by molar-refractivity contribution is 0.668. The zero-order chi connectivity index (χ0) is 56.9. The standard InChI is InChI=1S/C81H48N2O4/c1-3-21-49(22-4-1)81(50-23-5-2-6-24-50)65-47-69(82(51-41-43-75-63(45-51)57-29-13-15-37-71(57)84-75)67-35-19-33-61-55-27-11-17-39-73(55)86-79(61)67)53-25-7-9-31-59(53)77(65)78-60-32-10-8-26-54(60)70(48-66(78)81)83(52-42-44-76-64(46-52)58-30-14-16-38-72(58)85-76)68-36-20-34-62-56-28-12-18-40-74(56)87-80(62)68/h1-48H. The van der Waals surface area contributed by atoms with E-state index in [9.17, 15) is 0 Å². The van der Waals surface area contributed by atoms with Crippen LogP contribution >= 0.6 is 0 Å². The van der Waals surface area contributed by atoms with Gasteiger partial charge in [-0.1, -0.05) is 206 Å². The summed E-state index contributed by atoms with van der Waals surface area (Å²) in [7, 11) is 0.